The molecule has 0 spiro atoms. The number of nitrogens with zero attached hydrogens (tertiary/aromatic N) is 1. The lowest BCUT2D eigenvalue weighted by Gasteiger charge is -2.29. The molecule has 0 atom stereocenters. The van der Waals surface area contributed by atoms with Gasteiger partial charge in [-0.1, -0.05) is 55.8 Å². The maximum Gasteiger partial charge on any atom is 0.169 e. The zero-order chi connectivity index (χ0) is 19.9. The van der Waals surface area contributed by atoms with E-state index in [0.717, 1.165) is 34.6 Å². The normalized spacial score (nSPS) is 15.4. The van der Waals surface area contributed by atoms with E-state index < -0.39 is 0 Å². The average Bonchev–Trinajstić information content (AvgIpc) is 2.96. The Morgan fingerprint density at radius 1 is 1.04 bits per heavy atom. The van der Waals surface area contributed by atoms with Crippen LogP contribution >= 0.6 is 11.6 Å². The Labute approximate surface area is 170 Å². The van der Waals surface area contributed by atoms with E-state index in [1.807, 2.05) is 49.4 Å². The van der Waals surface area contributed by atoms with Crippen molar-refractivity contribution < 1.29 is 9.53 Å². The van der Waals surface area contributed by atoms with E-state index in [2.05, 4.69) is 30.5 Å². The summed E-state index contributed by atoms with van der Waals surface area (Å²) in [5.74, 6) is 0.846. The molecule has 1 aromatic heterocycles. The van der Waals surface area contributed by atoms with Crippen LogP contribution in [0.5, 0.6) is 5.75 Å². The first kappa shape index (κ1) is 18.8. The number of benzene rings is 2. The van der Waals surface area contributed by atoms with Crippen LogP contribution in [0.3, 0.4) is 0 Å². The van der Waals surface area contributed by atoms with Crippen molar-refractivity contribution in [1.29, 1.82) is 0 Å². The molecule has 0 saturated carbocycles. The lowest BCUT2D eigenvalue weighted by molar-refractivity contribution is 0.0907. The predicted molar refractivity (Wildman–Crippen MR) is 114 cm³/mol. The van der Waals surface area contributed by atoms with Gasteiger partial charge >= 0.3 is 0 Å². The minimum Gasteiger partial charge on any atom is -0.491 e. The number of halogens is 1. The Bertz CT molecular complexity index is 1020. The summed E-state index contributed by atoms with van der Waals surface area (Å²) in [6, 6.07) is 17.9. The standard InChI is InChI=1S/C24H24ClNO2/c1-4-28-23-21-19(14-24(2,3)15-20(21)27)26(18-12-10-17(25)11-13-18)22(23)16-8-6-5-7-9-16/h5-13H,4,14-15H2,1-3H3. The van der Waals surface area contributed by atoms with Gasteiger partial charge in [-0.2, -0.15) is 0 Å². The molecule has 1 aliphatic rings. The molecule has 2 aromatic carbocycles. The largest absolute Gasteiger partial charge is 0.491 e. The van der Waals surface area contributed by atoms with Crippen LogP contribution in [0.15, 0.2) is 54.6 Å². The second kappa shape index (κ2) is 7.14. The molecule has 28 heavy (non-hydrogen) atoms. The van der Waals surface area contributed by atoms with Crippen molar-refractivity contribution in [2.45, 2.75) is 33.6 Å². The number of rotatable bonds is 4. The van der Waals surface area contributed by atoms with E-state index in [0.29, 0.717) is 23.8 Å². The Balaban J connectivity index is 2.08. The summed E-state index contributed by atoms with van der Waals surface area (Å²) in [7, 11) is 0. The highest BCUT2D eigenvalue weighted by Gasteiger charge is 2.39. The van der Waals surface area contributed by atoms with E-state index in [-0.39, 0.29) is 11.2 Å². The smallest absolute Gasteiger partial charge is 0.169 e. The number of hydrogen-bond donors (Lipinski definition) is 0. The average molecular weight is 394 g/mol. The Morgan fingerprint density at radius 3 is 2.36 bits per heavy atom. The van der Waals surface area contributed by atoms with Gasteiger partial charge in [-0.3, -0.25) is 4.79 Å². The van der Waals surface area contributed by atoms with Crippen molar-refractivity contribution in [1.82, 2.24) is 4.57 Å². The molecule has 4 rings (SSSR count). The topological polar surface area (TPSA) is 31.2 Å². The van der Waals surface area contributed by atoms with Crippen LogP contribution in [0, 0.1) is 5.41 Å². The van der Waals surface area contributed by atoms with Gasteiger partial charge in [-0.25, -0.2) is 0 Å². The monoisotopic (exact) mass is 393 g/mol. The quantitative estimate of drug-likeness (QED) is 0.517. The number of fused-ring (bicyclic) bond motifs is 1. The molecule has 1 heterocycles. The van der Waals surface area contributed by atoms with Gasteiger partial charge in [0.25, 0.3) is 0 Å². The third-order valence-electron chi connectivity index (χ3n) is 5.21. The summed E-state index contributed by atoms with van der Waals surface area (Å²) < 4.78 is 8.27. The first-order valence-corrected chi connectivity index (χ1v) is 10.0. The fourth-order valence-electron chi connectivity index (χ4n) is 4.11. The number of carbonyl (C=O) groups excluding carboxylic acids is 1. The van der Waals surface area contributed by atoms with Gasteiger partial charge < -0.3 is 9.30 Å². The van der Waals surface area contributed by atoms with Crippen molar-refractivity contribution in [3.63, 3.8) is 0 Å². The zero-order valence-electron chi connectivity index (χ0n) is 16.5. The molecule has 0 amide bonds. The van der Waals surface area contributed by atoms with Crippen LogP contribution in [0.4, 0.5) is 0 Å². The maximum absolute atomic E-state index is 13.2. The molecular formula is C24H24ClNO2. The highest BCUT2D eigenvalue weighted by molar-refractivity contribution is 6.30. The molecule has 0 radical (unpaired) electrons. The molecule has 4 heteroatoms. The van der Waals surface area contributed by atoms with Crippen LogP contribution in [0.2, 0.25) is 5.02 Å². The zero-order valence-corrected chi connectivity index (χ0v) is 17.2. The SMILES string of the molecule is CCOc1c2c(n(-c3ccc(Cl)cc3)c1-c1ccccc1)CC(C)(C)CC2=O. The molecule has 1 aliphatic carbocycles. The van der Waals surface area contributed by atoms with E-state index in [9.17, 15) is 4.79 Å². The van der Waals surface area contributed by atoms with E-state index in [1.165, 1.54) is 0 Å². The van der Waals surface area contributed by atoms with Crippen molar-refractivity contribution in [2.75, 3.05) is 6.61 Å². The molecule has 0 N–H and O–H groups in total. The summed E-state index contributed by atoms with van der Waals surface area (Å²) >= 11 is 6.13. The van der Waals surface area contributed by atoms with Gasteiger partial charge in [0.15, 0.2) is 11.5 Å². The number of carbonyl (C=O) groups is 1. The number of ketones is 1. The van der Waals surface area contributed by atoms with Gasteiger partial charge in [-0.15, -0.1) is 0 Å². The van der Waals surface area contributed by atoms with Crippen LogP contribution in [-0.2, 0) is 6.42 Å². The number of ether oxygens (including phenoxy) is 1. The lowest BCUT2D eigenvalue weighted by Crippen LogP contribution is -2.28. The van der Waals surface area contributed by atoms with Crippen molar-refractivity contribution in [2.24, 2.45) is 5.41 Å². The number of hydrogen-bond acceptors (Lipinski definition) is 2. The minimum absolute atomic E-state index is 0.0932. The fourth-order valence-corrected chi connectivity index (χ4v) is 4.23. The van der Waals surface area contributed by atoms with Crippen LogP contribution in [0.25, 0.3) is 16.9 Å². The van der Waals surface area contributed by atoms with Gasteiger partial charge in [0.2, 0.25) is 0 Å². The molecule has 0 bridgehead atoms. The van der Waals surface area contributed by atoms with Crippen molar-refractivity contribution >= 4 is 17.4 Å². The molecule has 0 saturated heterocycles. The molecule has 0 aliphatic heterocycles. The third-order valence-corrected chi connectivity index (χ3v) is 5.46. The van der Waals surface area contributed by atoms with Gasteiger partial charge in [0, 0.05) is 28.4 Å². The summed E-state index contributed by atoms with van der Waals surface area (Å²) in [6.07, 6.45) is 1.34. The Morgan fingerprint density at radius 2 is 1.71 bits per heavy atom. The summed E-state index contributed by atoms with van der Waals surface area (Å²) in [5, 5.41) is 0.687. The highest BCUT2D eigenvalue weighted by Crippen LogP contribution is 2.47. The van der Waals surface area contributed by atoms with Gasteiger partial charge in [0.05, 0.1) is 17.9 Å². The van der Waals surface area contributed by atoms with Crippen molar-refractivity contribution in [3.8, 4) is 22.7 Å². The first-order valence-electron chi connectivity index (χ1n) is 9.66. The second-order valence-corrected chi connectivity index (χ2v) is 8.49. The first-order chi connectivity index (χ1) is 13.4. The number of aromatic nitrogens is 1. The molecule has 0 unspecified atom stereocenters. The van der Waals surface area contributed by atoms with Crippen LogP contribution < -0.4 is 4.74 Å². The van der Waals surface area contributed by atoms with E-state index >= 15 is 0 Å². The fraction of sp³-hybridized carbons (Fsp3) is 0.292. The summed E-state index contributed by atoms with van der Waals surface area (Å²) in [5.41, 5.74) is 4.60. The molecule has 3 nitrogen and oxygen atoms in total. The van der Waals surface area contributed by atoms with Gasteiger partial charge in [0.1, 0.15) is 0 Å². The Hall–Kier alpha value is -2.52. The lowest BCUT2D eigenvalue weighted by atomic mass is 9.76. The predicted octanol–water partition coefficient (Wildman–Crippen LogP) is 6.35. The molecule has 0 fully saturated rings. The van der Waals surface area contributed by atoms with Crippen molar-refractivity contribution in [3.05, 3.63) is 70.9 Å². The summed E-state index contributed by atoms with van der Waals surface area (Å²) in [6.45, 7) is 6.76. The minimum atomic E-state index is -0.0932. The highest BCUT2D eigenvalue weighted by atomic mass is 35.5. The summed E-state index contributed by atoms with van der Waals surface area (Å²) in [4.78, 5) is 13.2. The van der Waals surface area contributed by atoms with Crippen LogP contribution in [0.1, 0.15) is 43.2 Å². The number of Topliss-reactive ketones (excluding diaryl/α,β-unsaturated/α-hetero) is 1. The van der Waals surface area contributed by atoms with Crippen LogP contribution in [-0.4, -0.2) is 17.0 Å². The maximum atomic E-state index is 13.2. The van der Waals surface area contributed by atoms with E-state index in [4.69, 9.17) is 16.3 Å². The Kier molecular flexibility index (Phi) is 4.80. The molecule has 3 aromatic rings. The van der Waals surface area contributed by atoms with E-state index in [1.54, 1.807) is 0 Å². The third kappa shape index (κ3) is 3.24. The van der Waals surface area contributed by atoms with Gasteiger partial charge in [-0.05, 0) is 43.0 Å². The second-order valence-electron chi connectivity index (χ2n) is 8.05. The molecule has 144 valence electrons. The molecular weight excluding hydrogens is 370 g/mol.